The Labute approximate surface area is 149 Å². The van der Waals surface area contributed by atoms with Crippen LogP contribution in [0.25, 0.3) is 0 Å². The highest BCUT2D eigenvalue weighted by Gasteiger charge is 2.40. The predicted molar refractivity (Wildman–Crippen MR) is 98.4 cm³/mol. The molecule has 3 atom stereocenters. The van der Waals surface area contributed by atoms with Gasteiger partial charge in [0.1, 0.15) is 0 Å². The largest absolute Gasteiger partial charge is 0.396 e. The number of fused-ring (bicyclic) bond motifs is 2. The van der Waals surface area contributed by atoms with Gasteiger partial charge in [0.2, 0.25) is 5.91 Å². The average molecular weight is 343 g/mol. The Balaban J connectivity index is 1.38. The molecular weight excluding hydrogens is 314 g/mol. The van der Waals surface area contributed by atoms with Crippen LogP contribution < -0.4 is 10.2 Å². The van der Waals surface area contributed by atoms with E-state index in [9.17, 15) is 9.90 Å². The van der Waals surface area contributed by atoms with Gasteiger partial charge in [0.25, 0.3) is 0 Å². The van der Waals surface area contributed by atoms with E-state index in [2.05, 4.69) is 15.2 Å². The first-order valence-corrected chi connectivity index (χ1v) is 9.83. The Morgan fingerprint density at radius 2 is 2.08 bits per heavy atom. The molecule has 2 heterocycles. The Morgan fingerprint density at radius 1 is 1.24 bits per heavy atom. The molecule has 1 aromatic rings. The number of carbonyl (C=O) groups excluding carboxylic acids is 1. The average Bonchev–Trinajstić information content (AvgIpc) is 3.25. The van der Waals surface area contributed by atoms with Gasteiger partial charge in [-0.2, -0.15) is 0 Å². The third kappa shape index (κ3) is 3.66. The molecule has 1 aliphatic heterocycles. The first-order chi connectivity index (χ1) is 12.2. The summed E-state index contributed by atoms with van der Waals surface area (Å²) in [7, 11) is 0. The van der Waals surface area contributed by atoms with Crippen LogP contribution >= 0.6 is 0 Å². The molecule has 4 rings (SSSR count). The van der Waals surface area contributed by atoms with Crippen LogP contribution in [0.5, 0.6) is 0 Å². The molecule has 1 aromatic heterocycles. The number of aliphatic hydroxyl groups excluding tert-OH is 1. The topological polar surface area (TPSA) is 65.5 Å². The second kappa shape index (κ2) is 7.32. The van der Waals surface area contributed by atoms with Gasteiger partial charge in [-0.1, -0.05) is 6.42 Å². The van der Waals surface area contributed by atoms with E-state index in [1.54, 1.807) is 6.20 Å². The van der Waals surface area contributed by atoms with Gasteiger partial charge in [0, 0.05) is 32.3 Å². The Kier molecular flexibility index (Phi) is 4.93. The van der Waals surface area contributed by atoms with E-state index in [1.165, 1.54) is 25.7 Å². The zero-order chi connectivity index (χ0) is 17.2. The van der Waals surface area contributed by atoms with Crippen LogP contribution in [0.4, 0.5) is 11.5 Å². The maximum atomic E-state index is 12.6. The Morgan fingerprint density at radius 3 is 2.76 bits per heavy atom. The van der Waals surface area contributed by atoms with Gasteiger partial charge >= 0.3 is 0 Å². The summed E-state index contributed by atoms with van der Waals surface area (Å²) in [6.45, 7) is 2.04. The fraction of sp³-hybridized carbons (Fsp3) is 0.700. The Hall–Kier alpha value is -1.62. The number of carbonyl (C=O) groups is 1. The molecule has 2 bridgehead atoms. The molecule has 2 saturated carbocycles. The molecule has 3 unspecified atom stereocenters. The predicted octanol–water partition coefficient (Wildman–Crippen LogP) is 3.06. The minimum absolute atomic E-state index is 0.136. The molecule has 2 aliphatic carbocycles. The van der Waals surface area contributed by atoms with Crippen molar-refractivity contribution in [1.29, 1.82) is 0 Å². The molecule has 136 valence electrons. The molecule has 0 radical (unpaired) electrons. The number of hydrogen-bond donors (Lipinski definition) is 2. The highest BCUT2D eigenvalue weighted by Crippen LogP contribution is 2.49. The van der Waals surface area contributed by atoms with Crippen molar-refractivity contribution in [1.82, 2.24) is 4.98 Å². The van der Waals surface area contributed by atoms with Crippen LogP contribution in [0.15, 0.2) is 18.3 Å². The number of hydrogen-bond acceptors (Lipinski definition) is 4. The van der Waals surface area contributed by atoms with E-state index in [0.717, 1.165) is 49.3 Å². The molecule has 0 spiro atoms. The summed E-state index contributed by atoms with van der Waals surface area (Å²) in [6.07, 6.45) is 9.68. The van der Waals surface area contributed by atoms with Crippen molar-refractivity contribution in [3.63, 3.8) is 0 Å². The van der Waals surface area contributed by atoms with Crippen molar-refractivity contribution in [2.45, 2.75) is 44.9 Å². The number of aromatic nitrogens is 1. The van der Waals surface area contributed by atoms with Gasteiger partial charge in [-0.15, -0.1) is 0 Å². The molecule has 3 fully saturated rings. The van der Waals surface area contributed by atoms with Crippen molar-refractivity contribution >= 4 is 17.4 Å². The highest BCUT2D eigenvalue weighted by molar-refractivity contribution is 5.93. The maximum Gasteiger partial charge on any atom is 0.224 e. The summed E-state index contributed by atoms with van der Waals surface area (Å²) in [6, 6.07) is 3.84. The van der Waals surface area contributed by atoms with Crippen LogP contribution in [-0.2, 0) is 4.79 Å². The van der Waals surface area contributed by atoms with Crippen LogP contribution in [0.3, 0.4) is 0 Å². The fourth-order valence-corrected chi connectivity index (χ4v) is 5.14. The maximum absolute atomic E-state index is 12.6. The van der Waals surface area contributed by atoms with E-state index in [4.69, 9.17) is 0 Å². The molecule has 5 heteroatoms. The SMILES string of the molecule is O=C(CC1CC2CCC1C2)Nc1cccnc1N1CCC(CO)CC1. The lowest BCUT2D eigenvalue weighted by molar-refractivity contribution is -0.117. The molecule has 0 aromatic carbocycles. The highest BCUT2D eigenvalue weighted by atomic mass is 16.3. The summed E-state index contributed by atoms with van der Waals surface area (Å²) >= 11 is 0. The van der Waals surface area contributed by atoms with Gasteiger partial charge in [0.15, 0.2) is 5.82 Å². The third-order valence-electron chi connectivity index (χ3n) is 6.57. The Bertz CT molecular complexity index is 613. The summed E-state index contributed by atoms with van der Waals surface area (Å²) in [4.78, 5) is 19.3. The van der Waals surface area contributed by atoms with Crippen molar-refractivity contribution < 1.29 is 9.90 Å². The van der Waals surface area contributed by atoms with Crippen LogP contribution in [0.1, 0.15) is 44.9 Å². The van der Waals surface area contributed by atoms with Gasteiger partial charge < -0.3 is 15.3 Å². The van der Waals surface area contributed by atoms with E-state index in [-0.39, 0.29) is 12.5 Å². The lowest BCUT2D eigenvalue weighted by Gasteiger charge is -2.33. The van der Waals surface area contributed by atoms with Crippen LogP contribution in [-0.4, -0.2) is 35.7 Å². The first kappa shape index (κ1) is 16.8. The second-order valence-electron chi connectivity index (χ2n) is 8.17. The lowest BCUT2D eigenvalue weighted by Crippen LogP contribution is -2.36. The van der Waals surface area contributed by atoms with Crippen LogP contribution in [0, 0.1) is 23.7 Å². The molecule has 1 saturated heterocycles. The molecular formula is C20H29N3O2. The molecule has 2 N–H and O–H groups in total. The number of amides is 1. The van der Waals surface area contributed by atoms with Crippen LogP contribution in [0.2, 0.25) is 0 Å². The van der Waals surface area contributed by atoms with Gasteiger partial charge in [-0.25, -0.2) is 4.98 Å². The zero-order valence-electron chi connectivity index (χ0n) is 14.9. The monoisotopic (exact) mass is 343 g/mol. The minimum Gasteiger partial charge on any atom is -0.396 e. The lowest BCUT2D eigenvalue weighted by atomic mass is 9.86. The second-order valence-corrected chi connectivity index (χ2v) is 8.17. The molecule has 1 amide bonds. The summed E-state index contributed by atoms with van der Waals surface area (Å²) < 4.78 is 0. The molecule has 5 nitrogen and oxygen atoms in total. The minimum atomic E-state index is 0.136. The van der Waals surface area contributed by atoms with Gasteiger partial charge in [-0.05, 0) is 67.9 Å². The smallest absolute Gasteiger partial charge is 0.224 e. The number of rotatable bonds is 5. The summed E-state index contributed by atoms with van der Waals surface area (Å²) in [5.74, 6) is 3.65. The van der Waals surface area contributed by atoms with Crippen molar-refractivity contribution in [3.8, 4) is 0 Å². The van der Waals surface area contributed by atoms with E-state index in [1.807, 2.05) is 12.1 Å². The number of piperidine rings is 1. The van der Waals surface area contributed by atoms with Crippen molar-refractivity contribution in [2.24, 2.45) is 23.7 Å². The van der Waals surface area contributed by atoms with Gasteiger partial charge in [0.05, 0.1) is 5.69 Å². The number of nitrogens with zero attached hydrogens (tertiary/aromatic N) is 2. The fourth-order valence-electron chi connectivity index (χ4n) is 5.14. The number of anilines is 2. The molecule has 25 heavy (non-hydrogen) atoms. The number of aliphatic hydroxyl groups is 1. The van der Waals surface area contributed by atoms with E-state index >= 15 is 0 Å². The van der Waals surface area contributed by atoms with E-state index in [0.29, 0.717) is 18.3 Å². The summed E-state index contributed by atoms with van der Waals surface area (Å²) in [5, 5.41) is 12.4. The standard InChI is InChI=1S/C20H29N3O2/c24-13-14-5-8-23(9-6-14)20-18(2-1-7-21-20)22-19(25)12-17-11-15-3-4-16(17)10-15/h1-2,7,14-17,24H,3-6,8-13H2,(H,22,25). The van der Waals surface area contributed by atoms with Crippen molar-refractivity contribution in [2.75, 3.05) is 29.9 Å². The zero-order valence-corrected chi connectivity index (χ0v) is 14.9. The summed E-state index contributed by atoms with van der Waals surface area (Å²) in [5.41, 5.74) is 0.832. The van der Waals surface area contributed by atoms with Gasteiger partial charge in [-0.3, -0.25) is 4.79 Å². The van der Waals surface area contributed by atoms with E-state index < -0.39 is 0 Å². The quantitative estimate of drug-likeness (QED) is 0.862. The number of pyridine rings is 1. The third-order valence-corrected chi connectivity index (χ3v) is 6.57. The number of nitrogens with one attached hydrogen (secondary N) is 1. The molecule has 3 aliphatic rings. The van der Waals surface area contributed by atoms with Crippen molar-refractivity contribution in [3.05, 3.63) is 18.3 Å². The first-order valence-electron chi connectivity index (χ1n) is 9.83. The normalized spacial score (nSPS) is 29.2.